The Morgan fingerprint density at radius 1 is 1.12 bits per heavy atom. The van der Waals surface area contributed by atoms with Crippen molar-refractivity contribution in [3.63, 3.8) is 0 Å². The van der Waals surface area contributed by atoms with Gasteiger partial charge in [0.15, 0.2) is 0 Å². The molecule has 0 atom stereocenters. The van der Waals surface area contributed by atoms with Crippen LogP contribution in [-0.4, -0.2) is 75.6 Å². The molecule has 1 fully saturated rings. The molecule has 1 N–H and O–H groups in total. The number of rotatable bonds is 9. The molecule has 1 saturated heterocycles. The van der Waals surface area contributed by atoms with Crippen LogP contribution < -0.4 is 4.74 Å². The van der Waals surface area contributed by atoms with Crippen molar-refractivity contribution in [2.45, 2.75) is 37.2 Å². The highest BCUT2D eigenvalue weighted by Gasteiger charge is 2.35. The van der Waals surface area contributed by atoms with E-state index in [1.165, 1.54) is 11.4 Å². The van der Waals surface area contributed by atoms with Crippen LogP contribution >= 0.6 is 0 Å². The van der Waals surface area contributed by atoms with Gasteiger partial charge in [-0.3, -0.25) is 4.79 Å². The minimum absolute atomic E-state index is 0.0948. The van der Waals surface area contributed by atoms with E-state index in [1.54, 1.807) is 38.0 Å². The Bertz CT molecular complexity index is 1070. The monoisotopic (exact) mass is 490 g/mol. The van der Waals surface area contributed by atoms with Crippen LogP contribution in [-0.2, 0) is 25.2 Å². The van der Waals surface area contributed by atoms with E-state index in [9.17, 15) is 18.3 Å². The number of carbonyl (C=O) groups excluding carboxylic acids is 1. The van der Waals surface area contributed by atoms with E-state index in [0.29, 0.717) is 42.8 Å². The molecule has 1 aliphatic rings. The summed E-state index contributed by atoms with van der Waals surface area (Å²) in [5, 5.41) is 10.9. The van der Waals surface area contributed by atoms with Crippen LogP contribution in [0.25, 0.3) is 0 Å². The van der Waals surface area contributed by atoms with Gasteiger partial charge >= 0.3 is 0 Å². The van der Waals surface area contributed by atoms with Gasteiger partial charge in [0.2, 0.25) is 15.9 Å². The number of aryl methyl sites for hydroxylation is 2. The lowest BCUT2D eigenvalue weighted by Gasteiger charge is -2.38. The molecule has 1 aliphatic heterocycles. The minimum Gasteiger partial charge on any atom is -0.497 e. The Morgan fingerprint density at radius 2 is 1.71 bits per heavy atom. The average molecular weight is 491 g/mol. The number of likely N-dealkylation sites (N-methyl/N-ethyl adjacent to an activating group) is 1. The van der Waals surface area contributed by atoms with E-state index >= 15 is 0 Å². The van der Waals surface area contributed by atoms with E-state index in [4.69, 9.17) is 9.47 Å². The summed E-state index contributed by atoms with van der Waals surface area (Å²) < 4.78 is 38.1. The van der Waals surface area contributed by atoms with E-state index in [0.717, 1.165) is 5.56 Å². The Labute approximate surface area is 202 Å². The van der Waals surface area contributed by atoms with Crippen LogP contribution in [0, 0.1) is 13.8 Å². The van der Waals surface area contributed by atoms with Gasteiger partial charge in [0.1, 0.15) is 12.4 Å². The lowest BCUT2D eigenvalue weighted by atomic mass is 9.84. The predicted octanol–water partition coefficient (Wildman–Crippen LogP) is 2.46. The lowest BCUT2D eigenvalue weighted by molar-refractivity contribution is -0.140. The summed E-state index contributed by atoms with van der Waals surface area (Å²) in [4.78, 5) is 14.5. The Kier molecular flexibility index (Phi) is 8.35. The van der Waals surface area contributed by atoms with Crippen molar-refractivity contribution in [1.29, 1.82) is 0 Å². The van der Waals surface area contributed by atoms with Crippen LogP contribution in [0.4, 0.5) is 0 Å². The second-order valence-corrected chi connectivity index (χ2v) is 10.7. The number of ether oxygens (including phenoxy) is 2. The van der Waals surface area contributed by atoms with Gasteiger partial charge in [0.25, 0.3) is 0 Å². The number of sulfonamides is 1. The van der Waals surface area contributed by atoms with Crippen LogP contribution in [0.3, 0.4) is 0 Å². The van der Waals surface area contributed by atoms with Crippen molar-refractivity contribution in [2.24, 2.45) is 0 Å². The molecule has 0 aliphatic carbocycles. The molecule has 9 heteroatoms. The standard InChI is InChI=1S/C25H34N2O6S/c1-19-16-22(32-4)17-20(2)24(19)34(30,31)26(3)14-15-33-18-23(28)27-12-10-25(29,11-13-27)21-8-6-5-7-9-21/h5-9,16-17,29H,10-15,18H2,1-4H3. The third-order valence-electron chi connectivity index (χ3n) is 6.37. The molecule has 2 aromatic rings. The van der Waals surface area contributed by atoms with Crippen molar-refractivity contribution in [3.8, 4) is 5.75 Å². The molecule has 3 rings (SSSR count). The highest BCUT2D eigenvalue weighted by Crippen LogP contribution is 2.32. The maximum absolute atomic E-state index is 13.1. The Balaban J connectivity index is 1.48. The molecule has 0 saturated carbocycles. The van der Waals surface area contributed by atoms with Gasteiger partial charge in [0.05, 0.1) is 24.2 Å². The number of nitrogens with zero attached hydrogens (tertiary/aromatic N) is 2. The molecule has 186 valence electrons. The van der Waals surface area contributed by atoms with Crippen molar-refractivity contribution < 1.29 is 27.8 Å². The van der Waals surface area contributed by atoms with E-state index in [1.807, 2.05) is 30.3 Å². The maximum atomic E-state index is 13.1. The summed E-state index contributed by atoms with van der Waals surface area (Å²) in [6.07, 6.45) is 0.925. The first-order valence-corrected chi connectivity index (χ1v) is 12.8. The van der Waals surface area contributed by atoms with Gasteiger partial charge in [0, 0.05) is 26.7 Å². The summed E-state index contributed by atoms with van der Waals surface area (Å²) in [6, 6.07) is 12.9. The number of methoxy groups -OCH3 is 1. The summed E-state index contributed by atoms with van der Waals surface area (Å²) in [5.41, 5.74) is 1.17. The quantitative estimate of drug-likeness (QED) is 0.543. The third-order valence-corrected chi connectivity index (χ3v) is 8.53. The summed E-state index contributed by atoms with van der Waals surface area (Å²) in [6.45, 7) is 4.45. The molecule has 0 unspecified atom stereocenters. The molecule has 1 heterocycles. The fourth-order valence-electron chi connectivity index (χ4n) is 4.32. The number of piperidine rings is 1. The Hall–Kier alpha value is -2.46. The highest BCUT2D eigenvalue weighted by molar-refractivity contribution is 7.89. The molecular weight excluding hydrogens is 456 g/mol. The van der Waals surface area contributed by atoms with Crippen LogP contribution in [0.2, 0.25) is 0 Å². The minimum atomic E-state index is -3.71. The van der Waals surface area contributed by atoms with Gasteiger partial charge in [-0.05, 0) is 55.5 Å². The molecule has 0 radical (unpaired) electrons. The smallest absolute Gasteiger partial charge is 0.248 e. The number of amides is 1. The van der Waals surface area contributed by atoms with Crippen LogP contribution in [0.5, 0.6) is 5.75 Å². The average Bonchev–Trinajstić information content (AvgIpc) is 2.81. The summed E-state index contributed by atoms with van der Waals surface area (Å²) >= 11 is 0. The van der Waals surface area contributed by atoms with Crippen LogP contribution in [0.15, 0.2) is 47.4 Å². The summed E-state index contributed by atoms with van der Waals surface area (Å²) in [5.74, 6) is 0.445. The molecule has 1 amide bonds. The molecule has 0 spiro atoms. The molecule has 8 nitrogen and oxygen atoms in total. The van der Waals surface area contributed by atoms with E-state index in [-0.39, 0.29) is 30.6 Å². The van der Waals surface area contributed by atoms with Gasteiger partial charge in [-0.2, -0.15) is 4.31 Å². The molecule has 0 bridgehead atoms. The largest absolute Gasteiger partial charge is 0.497 e. The van der Waals surface area contributed by atoms with Crippen molar-refractivity contribution >= 4 is 15.9 Å². The second-order valence-electron chi connectivity index (χ2n) is 8.75. The van der Waals surface area contributed by atoms with E-state index < -0.39 is 15.6 Å². The summed E-state index contributed by atoms with van der Waals surface area (Å²) in [7, 11) is -0.670. The van der Waals surface area contributed by atoms with Crippen molar-refractivity contribution in [2.75, 3.05) is 47.0 Å². The number of hydrogen-bond acceptors (Lipinski definition) is 6. The first-order chi connectivity index (χ1) is 16.1. The number of hydrogen-bond donors (Lipinski definition) is 1. The Morgan fingerprint density at radius 3 is 2.26 bits per heavy atom. The molecule has 2 aromatic carbocycles. The zero-order valence-electron chi connectivity index (χ0n) is 20.3. The van der Waals surface area contributed by atoms with Crippen molar-refractivity contribution in [3.05, 3.63) is 59.2 Å². The molecule has 0 aromatic heterocycles. The topological polar surface area (TPSA) is 96.4 Å². The van der Waals surface area contributed by atoms with Crippen molar-refractivity contribution in [1.82, 2.24) is 9.21 Å². The van der Waals surface area contributed by atoms with Gasteiger partial charge in [-0.15, -0.1) is 0 Å². The number of aliphatic hydroxyl groups is 1. The first kappa shape index (κ1) is 26.2. The highest BCUT2D eigenvalue weighted by atomic mass is 32.2. The number of carbonyl (C=O) groups is 1. The predicted molar refractivity (Wildman–Crippen MR) is 129 cm³/mol. The van der Waals surface area contributed by atoms with E-state index in [2.05, 4.69) is 0 Å². The van der Waals surface area contributed by atoms with Crippen LogP contribution in [0.1, 0.15) is 29.5 Å². The zero-order valence-corrected chi connectivity index (χ0v) is 21.1. The molecule has 34 heavy (non-hydrogen) atoms. The maximum Gasteiger partial charge on any atom is 0.248 e. The number of likely N-dealkylation sites (tertiary alicyclic amines) is 1. The normalized spacial score (nSPS) is 16.0. The van der Waals surface area contributed by atoms with Gasteiger partial charge < -0.3 is 19.5 Å². The number of benzene rings is 2. The third kappa shape index (κ3) is 5.78. The van der Waals surface area contributed by atoms with Gasteiger partial charge in [-0.25, -0.2) is 8.42 Å². The fraction of sp³-hybridized carbons (Fsp3) is 0.480. The first-order valence-electron chi connectivity index (χ1n) is 11.3. The fourth-order valence-corrected chi connectivity index (χ4v) is 5.88. The lowest BCUT2D eigenvalue weighted by Crippen LogP contribution is -2.46. The second kappa shape index (κ2) is 10.9. The SMILES string of the molecule is COc1cc(C)c(S(=O)(=O)N(C)CCOCC(=O)N2CCC(O)(c3ccccc3)CC2)c(C)c1. The zero-order chi connectivity index (χ0) is 24.9. The van der Waals surface area contributed by atoms with Gasteiger partial charge in [-0.1, -0.05) is 30.3 Å². The molecular formula is C25H34N2O6S.